The summed E-state index contributed by atoms with van der Waals surface area (Å²) in [5.74, 6) is 0. The zero-order valence-electron chi connectivity index (χ0n) is 12.6. The highest BCUT2D eigenvalue weighted by atomic mass is 16.5. The molecular weight excluding hydrogens is 226 g/mol. The van der Waals surface area contributed by atoms with Gasteiger partial charge in [0, 0.05) is 18.6 Å². The van der Waals surface area contributed by atoms with Gasteiger partial charge in [0.1, 0.15) is 0 Å². The molecule has 18 heavy (non-hydrogen) atoms. The fourth-order valence-corrected chi connectivity index (χ4v) is 2.79. The van der Waals surface area contributed by atoms with Crippen molar-refractivity contribution < 1.29 is 9.84 Å². The summed E-state index contributed by atoms with van der Waals surface area (Å²) in [4.78, 5) is 2.47. The Bertz CT molecular complexity index is 213. The Morgan fingerprint density at radius 1 is 1.11 bits per heavy atom. The van der Waals surface area contributed by atoms with E-state index in [-0.39, 0.29) is 12.2 Å². The smallest absolute Gasteiger partial charge is 0.0900 e. The summed E-state index contributed by atoms with van der Waals surface area (Å²) in [6.07, 6.45) is 6.46. The lowest BCUT2D eigenvalue weighted by molar-refractivity contribution is -0.0229. The maximum Gasteiger partial charge on any atom is 0.0900 e. The fraction of sp³-hybridized carbons (Fsp3) is 1.00. The maximum atomic E-state index is 10.1. The van der Waals surface area contributed by atoms with Gasteiger partial charge in [-0.2, -0.15) is 0 Å². The van der Waals surface area contributed by atoms with Crippen molar-refractivity contribution in [2.24, 2.45) is 0 Å². The third-order valence-electron chi connectivity index (χ3n) is 3.75. The van der Waals surface area contributed by atoms with Crippen LogP contribution in [0.3, 0.4) is 0 Å². The predicted octanol–water partition coefficient (Wildman–Crippen LogP) is 2.82. The lowest BCUT2D eigenvalue weighted by atomic mass is 9.93. The Labute approximate surface area is 113 Å². The van der Waals surface area contributed by atoms with Crippen LogP contribution in [0, 0.1) is 0 Å². The standard InChI is InChI=1S/C15H31NO2/c1-12(2)16(14-8-6-5-7-9-14)10-15(17)11-18-13(3)4/h12-15,17H,5-11H2,1-4H3. The predicted molar refractivity (Wildman–Crippen MR) is 75.8 cm³/mol. The largest absolute Gasteiger partial charge is 0.389 e. The molecule has 0 amide bonds. The van der Waals surface area contributed by atoms with Crippen LogP contribution >= 0.6 is 0 Å². The first-order chi connectivity index (χ1) is 8.50. The zero-order chi connectivity index (χ0) is 13.5. The van der Waals surface area contributed by atoms with Crippen LogP contribution in [0.15, 0.2) is 0 Å². The molecule has 0 heterocycles. The quantitative estimate of drug-likeness (QED) is 0.761. The van der Waals surface area contributed by atoms with Crippen LogP contribution in [0.5, 0.6) is 0 Å². The molecule has 0 aromatic rings. The molecular formula is C15H31NO2. The van der Waals surface area contributed by atoms with E-state index in [1.807, 2.05) is 13.8 Å². The van der Waals surface area contributed by atoms with E-state index >= 15 is 0 Å². The Morgan fingerprint density at radius 3 is 2.22 bits per heavy atom. The maximum absolute atomic E-state index is 10.1. The van der Waals surface area contributed by atoms with Crippen molar-refractivity contribution in [3.8, 4) is 0 Å². The Morgan fingerprint density at radius 2 is 1.72 bits per heavy atom. The number of aliphatic hydroxyl groups excluding tert-OH is 1. The monoisotopic (exact) mass is 257 g/mol. The molecule has 1 aliphatic rings. The van der Waals surface area contributed by atoms with E-state index in [4.69, 9.17) is 4.74 Å². The van der Waals surface area contributed by atoms with Crippen molar-refractivity contribution in [2.75, 3.05) is 13.2 Å². The number of hydrogen-bond donors (Lipinski definition) is 1. The SMILES string of the molecule is CC(C)OCC(O)CN(C(C)C)C1CCCCC1. The van der Waals surface area contributed by atoms with E-state index < -0.39 is 0 Å². The highest BCUT2D eigenvalue weighted by Crippen LogP contribution is 2.24. The van der Waals surface area contributed by atoms with Crippen LogP contribution in [-0.2, 0) is 4.74 Å². The summed E-state index contributed by atoms with van der Waals surface area (Å²) in [7, 11) is 0. The van der Waals surface area contributed by atoms with Crippen molar-refractivity contribution in [1.82, 2.24) is 4.90 Å². The molecule has 0 aliphatic heterocycles. The van der Waals surface area contributed by atoms with Crippen molar-refractivity contribution in [1.29, 1.82) is 0 Å². The highest BCUT2D eigenvalue weighted by Gasteiger charge is 2.25. The molecule has 0 radical (unpaired) electrons. The molecule has 1 fully saturated rings. The Hall–Kier alpha value is -0.120. The topological polar surface area (TPSA) is 32.7 Å². The van der Waals surface area contributed by atoms with E-state index in [2.05, 4.69) is 18.7 Å². The van der Waals surface area contributed by atoms with Crippen LogP contribution in [0.1, 0.15) is 59.8 Å². The molecule has 0 spiro atoms. The van der Waals surface area contributed by atoms with Gasteiger partial charge in [-0.05, 0) is 40.5 Å². The molecule has 1 unspecified atom stereocenters. The first-order valence-corrected chi connectivity index (χ1v) is 7.56. The van der Waals surface area contributed by atoms with Gasteiger partial charge in [0.25, 0.3) is 0 Å². The molecule has 3 heteroatoms. The highest BCUT2D eigenvalue weighted by molar-refractivity contribution is 4.80. The van der Waals surface area contributed by atoms with Crippen molar-refractivity contribution >= 4 is 0 Å². The molecule has 1 rings (SSSR count). The average molecular weight is 257 g/mol. The fourth-order valence-electron chi connectivity index (χ4n) is 2.79. The summed E-state index contributed by atoms with van der Waals surface area (Å²) in [6, 6.07) is 1.16. The number of ether oxygens (including phenoxy) is 1. The second-order valence-electron chi connectivity index (χ2n) is 6.12. The lowest BCUT2D eigenvalue weighted by Gasteiger charge is -2.38. The summed E-state index contributed by atoms with van der Waals surface area (Å²) < 4.78 is 5.49. The summed E-state index contributed by atoms with van der Waals surface area (Å²) >= 11 is 0. The van der Waals surface area contributed by atoms with Crippen LogP contribution in [0.4, 0.5) is 0 Å². The molecule has 0 saturated heterocycles. The van der Waals surface area contributed by atoms with Gasteiger partial charge in [0.2, 0.25) is 0 Å². The molecule has 0 aromatic heterocycles. The molecule has 1 N–H and O–H groups in total. The van der Waals surface area contributed by atoms with Crippen LogP contribution in [-0.4, -0.2) is 47.4 Å². The van der Waals surface area contributed by atoms with Gasteiger partial charge in [-0.15, -0.1) is 0 Å². The second-order valence-corrected chi connectivity index (χ2v) is 6.12. The van der Waals surface area contributed by atoms with E-state index in [9.17, 15) is 5.11 Å². The number of nitrogens with zero attached hydrogens (tertiary/aromatic N) is 1. The van der Waals surface area contributed by atoms with Crippen molar-refractivity contribution in [2.45, 2.75) is 84.1 Å². The molecule has 3 nitrogen and oxygen atoms in total. The first kappa shape index (κ1) is 15.9. The van der Waals surface area contributed by atoms with E-state index in [1.165, 1.54) is 32.1 Å². The van der Waals surface area contributed by atoms with Gasteiger partial charge in [-0.25, -0.2) is 0 Å². The van der Waals surface area contributed by atoms with Crippen LogP contribution in [0.2, 0.25) is 0 Å². The normalized spacial score (nSPS) is 20.0. The van der Waals surface area contributed by atoms with Gasteiger partial charge < -0.3 is 9.84 Å². The third-order valence-corrected chi connectivity index (χ3v) is 3.75. The number of aliphatic hydroxyl groups is 1. The van der Waals surface area contributed by atoms with Crippen molar-refractivity contribution in [3.05, 3.63) is 0 Å². The first-order valence-electron chi connectivity index (χ1n) is 7.56. The minimum Gasteiger partial charge on any atom is -0.389 e. The molecule has 1 saturated carbocycles. The van der Waals surface area contributed by atoms with Gasteiger partial charge in [-0.3, -0.25) is 4.90 Å². The number of hydrogen-bond acceptors (Lipinski definition) is 3. The summed E-state index contributed by atoms with van der Waals surface area (Å²) in [5, 5.41) is 10.1. The van der Waals surface area contributed by atoms with Gasteiger partial charge >= 0.3 is 0 Å². The minimum atomic E-state index is -0.364. The zero-order valence-corrected chi connectivity index (χ0v) is 12.6. The van der Waals surface area contributed by atoms with E-state index in [1.54, 1.807) is 0 Å². The van der Waals surface area contributed by atoms with Gasteiger partial charge in [-0.1, -0.05) is 19.3 Å². The summed E-state index contributed by atoms with van der Waals surface area (Å²) in [6.45, 7) is 9.67. The van der Waals surface area contributed by atoms with E-state index in [0.717, 1.165) is 6.54 Å². The third kappa shape index (κ3) is 5.68. The van der Waals surface area contributed by atoms with E-state index in [0.29, 0.717) is 18.7 Å². The Kier molecular flexibility index (Phi) is 7.20. The second kappa shape index (κ2) is 8.13. The molecule has 0 bridgehead atoms. The Balaban J connectivity index is 2.41. The minimum absolute atomic E-state index is 0.196. The molecule has 1 aliphatic carbocycles. The van der Waals surface area contributed by atoms with Crippen LogP contribution < -0.4 is 0 Å². The van der Waals surface area contributed by atoms with Crippen molar-refractivity contribution in [3.63, 3.8) is 0 Å². The van der Waals surface area contributed by atoms with Crippen LogP contribution in [0.25, 0.3) is 0 Å². The molecule has 108 valence electrons. The van der Waals surface area contributed by atoms with Gasteiger partial charge in [0.05, 0.1) is 18.8 Å². The molecule has 0 aromatic carbocycles. The summed E-state index contributed by atoms with van der Waals surface area (Å²) in [5.41, 5.74) is 0. The lowest BCUT2D eigenvalue weighted by Crippen LogP contribution is -2.46. The number of rotatable bonds is 7. The average Bonchev–Trinajstić information content (AvgIpc) is 2.34. The van der Waals surface area contributed by atoms with Gasteiger partial charge in [0.15, 0.2) is 0 Å². The molecule has 1 atom stereocenters.